The van der Waals surface area contributed by atoms with Gasteiger partial charge in [0.05, 0.1) is 34.4 Å². The van der Waals surface area contributed by atoms with E-state index < -0.39 is 0 Å². The summed E-state index contributed by atoms with van der Waals surface area (Å²) in [6.07, 6.45) is 0. The number of aryl methyl sites for hydroxylation is 1. The number of carbonyl (C=O) groups excluding carboxylic acids is 1. The average molecular weight is 408 g/mol. The van der Waals surface area contributed by atoms with Crippen molar-refractivity contribution >= 4 is 28.4 Å². The average Bonchev–Trinajstić information content (AvgIpc) is 3.02. The van der Waals surface area contributed by atoms with E-state index in [1.807, 2.05) is 36.4 Å². The van der Waals surface area contributed by atoms with E-state index in [2.05, 4.69) is 15.1 Å². The predicted octanol–water partition coefficient (Wildman–Crippen LogP) is 3.34. The lowest BCUT2D eigenvalue weighted by Crippen LogP contribution is -2.28. The molecular formula is C21H18ClN5O2. The number of halogens is 1. The van der Waals surface area contributed by atoms with E-state index in [1.165, 1.54) is 9.58 Å². The quantitative estimate of drug-likeness (QED) is 0.562. The zero-order valence-corrected chi connectivity index (χ0v) is 16.6. The number of rotatable bonds is 4. The van der Waals surface area contributed by atoms with Gasteiger partial charge in [-0.15, -0.1) is 0 Å². The Hall–Kier alpha value is -3.45. The van der Waals surface area contributed by atoms with Crippen LogP contribution in [0.15, 0.2) is 59.4 Å². The van der Waals surface area contributed by atoms with Gasteiger partial charge < -0.3 is 9.88 Å². The molecule has 0 radical (unpaired) electrons. The summed E-state index contributed by atoms with van der Waals surface area (Å²) in [7, 11) is 1.63. The number of carbonyl (C=O) groups is 1. The van der Waals surface area contributed by atoms with Crippen LogP contribution in [0.2, 0.25) is 5.15 Å². The third kappa shape index (κ3) is 3.52. The Morgan fingerprint density at radius 2 is 1.83 bits per heavy atom. The number of aromatic nitrogens is 4. The molecule has 0 bridgehead atoms. The van der Waals surface area contributed by atoms with Gasteiger partial charge in [-0.05, 0) is 31.2 Å². The van der Waals surface area contributed by atoms with Crippen molar-refractivity contribution in [2.45, 2.75) is 13.5 Å². The summed E-state index contributed by atoms with van der Waals surface area (Å²) >= 11 is 6.49. The van der Waals surface area contributed by atoms with Crippen LogP contribution in [0.3, 0.4) is 0 Å². The number of amides is 1. The smallest absolute Gasteiger partial charge is 0.259 e. The van der Waals surface area contributed by atoms with Gasteiger partial charge in [-0.1, -0.05) is 41.9 Å². The van der Waals surface area contributed by atoms with Crippen molar-refractivity contribution < 1.29 is 4.79 Å². The fraction of sp³-hybridized carbons (Fsp3) is 0.143. The molecular weight excluding hydrogens is 390 g/mol. The molecule has 2 aromatic carbocycles. The lowest BCUT2D eigenvalue weighted by molar-refractivity contribution is 0.0781. The molecule has 0 saturated heterocycles. The van der Waals surface area contributed by atoms with Gasteiger partial charge in [-0.2, -0.15) is 5.10 Å². The second-order valence-corrected chi connectivity index (χ2v) is 7.05. The van der Waals surface area contributed by atoms with Crippen LogP contribution >= 0.6 is 11.6 Å². The Morgan fingerprint density at radius 3 is 2.59 bits per heavy atom. The summed E-state index contributed by atoms with van der Waals surface area (Å²) in [4.78, 5) is 33.9. The molecule has 1 N–H and O–H groups in total. The molecule has 0 aliphatic carbocycles. The molecule has 0 atom stereocenters. The summed E-state index contributed by atoms with van der Waals surface area (Å²) in [5.74, 6) is 0.0965. The fourth-order valence-corrected chi connectivity index (χ4v) is 3.53. The van der Waals surface area contributed by atoms with Gasteiger partial charge in [0.2, 0.25) is 0 Å². The van der Waals surface area contributed by atoms with Gasteiger partial charge in [0.15, 0.2) is 0 Å². The molecule has 0 saturated carbocycles. The second-order valence-electron chi connectivity index (χ2n) is 6.69. The molecule has 8 heteroatoms. The number of fused-ring (bicyclic) bond motifs is 1. The van der Waals surface area contributed by atoms with Gasteiger partial charge in [0.1, 0.15) is 11.0 Å². The van der Waals surface area contributed by atoms with Crippen LogP contribution in [-0.4, -0.2) is 37.6 Å². The van der Waals surface area contributed by atoms with Crippen LogP contribution in [0, 0.1) is 6.92 Å². The molecule has 1 amide bonds. The normalized spacial score (nSPS) is 11.0. The number of aromatic amines is 1. The van der Waals surface area contributed by atoms with E-state index in [9.17, 15) is 9.59 Å². The highest BCUT2D eigenvalue weighted by atomic mass is 35.5. The third-order valence-corrected chi connectivity index (χ3v) is 4.96. The fourth-order valence-electron chi connectivity index (χ4n) is 3.18. The molecule has 7 nitrogen and oxygen atoms in total. The van der Waals surface area contributed by atoms with Crippen molar-refractivity contribution in [2.24, 2.45) is 0 Å². The first-order valence-electron chi connectivity index (χ1n) is 8.99. The Morgan fingerprint density at radius 1 is 1.14 bits per heavy atom. The number of nitrogens with one attached hydrogen (secondary N) is 1. The first-order valence-corrected chi connectivity index (χ1v) is 9.37. The molecule has 0 fully saturated rings. The Bertz CT molecular complexity index is 1260. The number of H-pyrrole nitrogens is 1. The molecule has 4 aromatic rings. The standard InChI is InChI=1S/C21H18ClN5O2/c1-13-18(19(22)27(25-13)14-8-4-3-5-9-14)21(29)26(2)12-17-23-16-11-7-6-10-15(16)20(28)24-17/h3-11H,12H2,1-2H3,(H,23,24,28). The molecule has 0 aliphatic heterocycles. The van der Waals surface area contributed by atoms with E-state index in [4.69, 9.17) is 11.6 Å². The van der Waals surface area contributed by atoms with Gasteiger partial charge in [0, 0.05) is 7.05 Å². The number of benzene rings is 2. The van der Waals surface area contributed by atoms with E-state index in [0.717, 1.165) is 5.69 Å². The zero-order valence-electron chi connectivity index (χ0n) is 15.9. The van der Waals surface area contributed by atoms with Gasteiger partial charge in [-0.3, -0.25) is 9.59 Å². The summed E-state index contributed by atoms with van der Waals surface area (Å²) in [6, 6.07) is 16.4. The van der Waals surface area contributed by atoms with E-state index in [-0.39, 0.29) is 23.2 Å². The molecule has 146 valence electrons. The second kappa shape index (κ2) is 7.52. The maximum atomic E-state index is 13.1. The van der Waals surface area contributed by atoms with Gasteiger partial charge >= 0.3 is 0 Å². The Balaban J connectivity index is 1.64. The number of hydrogen-bond acceptors (Lipinski definition) is 4. The summed E-state index contributed by atoms with van der Waals surface area (Å²) < 4.78 is 1.54. The van der Waals surface area contributed by atoms with Crippen LogP contribution in [0.25, 0.3) is 16.6 Å². The summed E-state index contributed by atoms with van der Waals surface area (Å²) in [6.45, 7) is 1.87. The lowest BCUT2D eigenvalue weighted by atomic mass is 10.2. The van der Waals surface area contributed by atoms with Crippen LogP contribution in [0.5, 0.6) is 0 Å². The van der Waals surface area contributed by atoms with Crippen LogP contribution in [-0.2, 0) is 6.54 Å². The molecule has 2 heterocycles. The maximum Gasteiger partial charge on any atom is 0.259 e. The van der Waals surface area contributed by atoms with Gasteiger partial charge in [-0.25, -0.2) is 9.67 Å². The van der Waals surface area contributed by atoms with Crippen LogP contribution in [0.1, 0.15) is 21.9 Å². The highest BCUT2D eigenvalue weighted by Crippen LogP contribution is 2.25. The lowest BCUT2D eigenvalue weighted by Gasteiger charge is -2.16. The van der Waals surface area contributed by atoms with Crippen molar-refractivity contribution in [2.75, 3.05) is 7.05 Å². The highest BCUT2D eigenvalue weighted by Gasteiger charge is 2.24. The highest BCUT2D eigenvalue weighted by molar-refractivity contribution is 6.33. The minimum Gasteiger partial charge on any atom is -0.334 e. The molecule has 0 spiro atoms. The zero-order chi connectivity index (χ0) is 20.5. The van der Waals surface area contributed by atoms with Crippen LogP contribution in [0.4, 0.5) is 0 Å². The predicted molar refractivity (Wildman–Crippen MR) is 111 cm³/mol. The Labute approximate surface area is 171 Å². The topological polar surface area (TPSA) is 83.9 Å². The van der Waals surface area contributed by atoms with Crippen molar-refractivity contribution in [1.82, 2.24) is 24.6 Å². The van der Waals surface area contributed by atoms with Crippen molar-refractivity contribution in [3.8, 4) is 5.69 Å². The third-order valence-electron chi connectivity index (χ3n) is 4.61. The first kappa shape index (κ1) is 18.9. The maximum absolute atomic E-state index is 13.1. The molecule has 29 heavy (non-hydrogen) atoms. The number of hydrogen-bond donors (Lipinski definition) is 1. The van der Waals surface area contributed by atoms with E-state index in [1.54, 1.807) is 32.2 Å². The molecule has 0 unspecified atom stereocenters. The first-order chi connectivity index (χ1) is 14.0. The van der Waals surface area contributed by atoms with Crippen molar-refractivity contribution in [3.63, 3.8) is 0 Å². The monoisotopic (exact) mass is 407 g/mol. The largest absolute Gasteiger partial charge is 0.334 e. The van der Waals surface area contributed by atoms with Crippen molar-refractivity contribution in [1.29, 1.82) is 0 Å². The molecule has 0 aliphatic rings. The minimum absolute atomic E-state index is 0.130. The molecule has 4 rings (SSSR count). The SMILES string of the molecule is Cc1nn(-c2ccccc2)c(Cl)c1C(=O)N(C)Cc1nc2ccccc2c(=O)[nH]1. The minimum atomic E-state index is -0.300. The molecule has 2 aromatic heterocycles. The van der Waals surface area contributed by atoms with E-state index >= 15 is 0 Å². The number of para-hydroxylation sites is 2. The Kier molecular flexibility index (Phi) is 4.90. The van der Waals surface area contributed by atoms with Gasteiger partial charge in [0.25, 0.3) is 11.5 Å². The van der Waals surface area contributed by atoms with Crippen LogP contribution < -0.4 is 5.56 Å². The van der Waals surface area contributed by atoms with E-state index in [0.29, 0.717) is 28.0 Å². The van der Waals surface area contributed by atoms with Crippen molar-refractivity contribution in [3.05, 3.63) is 87.2 Å². The summed E-state index contributed by atoms with van der Waals surface area (Å²) in [5, 5.41) is 5.16. The summed E-state index contributed by atoms with van der Waals surface area (Å²) in [5.41, 5.74) is 1.95. The number of nitrogens with zero attached hydrogens (tertiary/aromatic N) is 4.